The number of aromatic nitrogens is 1. The van der Waals surface area contributed by atoms with Crippen LogP contribution >= 0.6 is 0 Å². The Morgan fingerprint density at radius 1 is 1.18 bits per heavy atom. The zero-order valence-corrected chi connectivity index (χ0v) is 12.9. The van der Waals surface area contributed by atoms with E-state index in [0.29, 0.717) is 5.39 Å². The topological polar surface area (TPSA) is 39.6 Å². The fourth-order valence-electron chi connectivity index (χ4n) is 3.07. The lowest BCUT2D eigenvalue weighted by Gasteiger charge is -2.35. The van der Waals surface area contributed by atoms with Crippen LogP contribution in [-0.2, 0) is 6.54 Å². The van der Waals surface area contributed by atoms with Gasteiger partial charge in [0.1, 0.15) is 5.82 Å². The van der Waals surface area contributed by atoms with Crippen molar-refractivity contribution in [2.75, 3.05) is 32.7 Å². The molecule has 4 nitrogen and oxygen atoms in total. The molecule has 1 saturated heterocycles. The van der Waals surface area contributed by atoms with Crippen LogP contribution in [0.15, 0.2) is 30.5 Å². The van der Waals surface area contributed by atoms with Crippen LogP contribution in [-0.4, -0.2) is 58.7 Å². The molecule has 3 rings (SSSR count). The first-order valence-corrected chi connectivity index (χ1v) is 7.78. The second-order valence-corrected chi connectivity index (χ2v) is 6.03. The summed E-state index contributed by atoms with van der Waals surface area (Å²) in [6, 6.07) is 6.92. The van der Waals surface area contributed by atoms with Gasteiger partial charge in [0.2, 0.25) is 0 Å². The Balaban J connectivity index is 1.69. The number of halogens is 1. The Labute approximate surface area is 130 Å². The predicted octanol–water partition coefficient (Wildman–Crippen LogP) is 1.87. The quantitative estimate of drug-likeness (QED) is 0.936. The predicted molar refractivity (Wildman–Crippen MR) is 85.1 cm³/mol. The lowest BCUT2D eigenvalue weighted by atomic mass is 10.1. The molecule has 5 heteroatoms. The Morgan fingerprint density at radius 2 is 1.91 bits per heavy atom. The highest BCUT2D eigenvalue weighted by Crippen LogP contribution is 2.21. The summed E-state index contributed by atoms with van der Waals surface area (Å²) in [5.41, 5.74) is 1.83. The van der Waals surface area contributed by atoms with Crippen molar-refractivity contribution in [1.82, 2.24) is 14.8 Å². The first-order chi connectivity index (χ1) is 10.6. The van der Waals surface area contributed by atoms with Gasteiger partial charge < -0.3 is 5.11 Å². The molecule has 0 spiro atoms. The van der Waals surface area contributed by atoms with Gasteiger partial charge in [-0.1, -0.05) is 6.07 Å². The second kappa shape index (κ2) is 6.69. The summed E-state index contributed by atoms with van der Waals surface area (Å²) in [6.07, 6.45) is 1.43. The van der Waals surface area contributed by atoms with Gasteiger partial charge in [0.05, 0.1) is 11.6 Å². The van der Waals surface area contributed by atoms with E-state index in [-0.39, 0.29) is 11.9 Å². The Bertz CT molecular complexity index is 639. The molecule has 1 aliphatic heterocycles. The van der Waals surface area contributed by atoms with Crippen molar-refractivity contribution in [2.24, 2.45) is 0 Å². The zero-order valence-electron chi connectivity index (χ0n) is 12.9. The summed E-state index contributed by atoms with van der Waals surface area (Å²) >= 11 is 0. The van der Waals surface area contributed by atoms with Gasteiger partial charge in [0.15, 0.2) is 0 Å². The van der Waals surface area contributed by atoms with E-state index in [2.05, 4.69) is 14.8 Å². The fraction of sp³-hybridized carbons (Fsp3) is 0.471. The molecular weight excluding hydrogens is 281 g/mol. The van der Waals surface area contributed by atoms with Gasteiger partial charge in [-0.2, -0.15) is 0 Å². The highest BCUT2D eigenvalue weighted by Gasteiger charge is 2.19. The third-order valence-electron chi connectivity index (χ3n) is 4.18. The Kier molecular flexibility index (Phi) is 4.66. The minimum Gasteiger partial charge on any atom is -0.392 e. The SMILES string of the molecule is C[C@@H](O)CN1CCN(Cc2ccc(F)c3cccnc23)CC1. The molecule has 0 bridgehead atoms. The molecule has 0 amide bonds. The van der Waals surface area contributed by atoms with Crippen LogP contribution in [0.4, 0.5) is 4.39 Å². The molecule has 1 fully saturated rings. The molecule has 0 aliphatic carbocycles. The number of benzene rings is 1. The van der Waals surface area contributed by atoms with Crippen molar-refractivity contribution < 1.29 is 9.50 Å². The number of pyridine rings is 1. The second-order valence-electron chi connectivity index (χ2n) is 6.03. The Hall–Kier alpha value is -1.56. The van der Waals surface area contributed by atoms with Gasteiger partial charge in [0.25, 0.3) is 0 Å². The van der Waals surface area contributed by atoms with E-state index in [0.717, 1.165) is 50.3 Å². The van der Waals surface area contributed by atoms with Gasteiger partial charge >= 0.3 is 0 Å². The minimum atomic E-state index is -0.281. The largest absolute Gasteiger partial charge is 0.392 e. The molecule has 1 atom stereocenters. The molecule has 0 radical (unpaired) electrons. The van der Waals surface area contributed by atoms with E-state index >= 15 is 0 Å². The number of fused-ring (bicyclic) bond motifs is 1. The molecule has 118 valence electrons. The number of aliphatic hydroxyl groups is 1. The van der Waals surface area contributed by atoms with Crippen molar-refractivity contribution in [3.8, 4) is 0 Å². The number of rotatable bonds is 4. The van der Waals surface area contributed by atoms with Crippen LogP contribution in [0.1, 0.15) is 12.5 Å². The van der Waals surface area contributed by atoms with Crippen molar-refractivity contribution in [3.05, 3.63) is 41.8 Å². The van der Waals surface area contributed by atoms with Crippen molar-refractivity contribution in [1.29, 1.82) is 0 Å². The van der Waals surface area contributed by atoms with E-state index in [9.17, 15) is 9.50 Å². The van der Waals surface area contributed by atoms with Gasteiger partial charge in [0, 0.05) is 50.9 Å². The van der Waals surface area contributed by atoms with Crippen LogP contribution in [0.5, 0.6) is 0 Å². The average molecular weight is 303 g/mol. The molecule has 1 aromatic heterocycles. The molecule has 2 heterocycles. The van der Waals surface area contributed by atoms with E-state index in [1.54, 1.807) is 18.3 Å². The number of aliphatic hydroxyl groups excluding tert-OH is 1. The monoisotopic (exact) mass is 303 g/mol. The third-order valence-corrected chi connectivity index (χ3v) is 4.18. The molecule has 1 N–H and O–H groups in total. The Morgan fingerprint density at radius 3 is 2.64 bits per heavy atom. The lowest BCUT2D eigenvalue weighted by molar-refractivity contribution is 0.0782. The van der Waals surface area contributed by atoms with Gasteiger partial charge in [-0.05, 0) is 30.7 Å². The van der Waals surface area contributed by atoms with Crippen molar-refractivity contribution in [2.45, 2.75) is 19.6 Å². The molecular formula is C17H22FN3O. The number of β-amino-alcohol motifs (C(OH)–C–C–N with tert-alkyl or cyclic N) is 1. The summed E-state index contributed by atoms with van der Waals surface area (Å²) < 4.78 is 13.8. The normalized spacial score (nSPS) is 18.7. The summed E-state index contributed by atoms with van der Waals surface area (Å²) in [5, 5.41) is 10.0. The number of nitrogens with zero attached hydrogens (tertiary/aromatic N) is 3. The molecule has 1 aromatic carbocycles. The summed E-state index contributed by atoms with van der Waals surface area (Å²) in [7, 11) is 0. The molecule has 2 aromatic rings. The van der Waals surface area contributed by atoms with E-state index in [4.69, 9.17) is 0 Å². The standard InChI is InChI=1S/C17H22FN3O/c1-13(22)11-20-7-9-21(10-8-20)12-14-4-5-16(18)15-3-2-6-19-17(14)15/h2-6,13,22H,7-12H2,1H3/t13-/m1/s1. The molecule has 1 aliphatic rings. The molecule has 0 saturated carbocycles. The maximum absolute atomic E-state index is 13.8. The summed E-state index contributed by atoms with van der Waals surface area (Å²) in [5.74, 6) is -0.214. The first-order valence-electron chi connectivity index (χ1n) is 7.78. The van der Waals surface area contributed by atoms with Crippen LogP contribution in [0, 0.1) is 5.82 Å². The van der Waals surface area contributed by atoms with Gasteiger partial charge in [-0.3, -0.25) is 14.8 Å². The van der Waals surface area contributed by atoms with Crippen LogP contribution in [0.2, 0.25) is 0 Å². The van der Waals surface area contributed by atoms with E-state index in [1.165, 1.54) is 6.07 Å². The highest BCUT2D eigenvalue weighted by molar-refractivity contribution is 5.82. The van der Waals surface area contributed by atoms with Crippen LogP contribution in [0.25, 0.3) is 10.9 Å². The highest BCUT2D eigenvalue weighted by atomic mass is 19.1. The molecule has 22 heavy (non-hydrogen) atoms. The lowest BCUT2D eigenvalue weighted by Crippen LogP contribution is -2.47. The molecule has 0 unspecified atom stereocenters. The van der Waals surface area contributed by atoms with Crippen LogP contribution < -0.4 is 0 Å². The average Bonchev–Trinajstić information content (AvgIpc) is 2.52. The first kappa shape index (κ1) is 15.3. The van der Waals surface area contributed by atoms with E-state index in [1.807, 2.05) is 13.0 Å². The van der Waals surface area contributed by atoms with E-state index < -0.39 is 0 Å². The number of piperazine rings is 1. The van der Waals surface area contributed by atoms with Crippen molar-refractivity contribution in [3.63, 3.8) is 0 Å². The summed E-state index contributed by atoms with van der Waals surface area (Å²) in [4.78, 5) is 8.99. The van der Waals surface area contributed by atoms with Gasteiger partial charge in [-0.15, -0.1) is 0 Å². The number of hydrogen-bond donors (Lipinski definition) is 1. The van der Waals surface area contributed by atoms with Gasteiger partial charge in [-0.25, -0.2) is 4.39 Å². The van der Waals surface area contributed by atoms with Crippen molar-refractivity contribution >= 4 is 10.9 Å². The number of hydrogen-bond acceptors (Lipinski definition) is 4. The summed E-state index contributed by atoms with van der Waals surface area (Å²) in [6.45, 7) is 7.17. The maximum Gasteiger partial charge on any atom is 0.132 e. The minimum absolute atomic E-state index is 0.214. The maximum atomic E-state index is 13.8. The third kappa shape index (κ3) is 3.43. The smallest absolute Gasteiger partial charge is 0.132 e. The van der Waals surface area contributed by atoms with Crippen LogP contribution in [0.3, 0.4) is 0 Å². The fourth-order valence-corrected chi connectivity index (χ4v) is 3.07. The zero-order chi connectivity index (χ0) is 15.5.